The van der Waals surface area contributed by atoms with Crippen molar-refractivity contribution in [1.82, 2.24) is 14.7 Å². The molecule has 0 saturated carbocycles. The molecule has 2 N–H and O–H groups in total. The van der Waals surface area contributed by atoms with E-state index in [2.05, 4.69) is 5.32 Å². The molecule has 0 aromatic heterocycles. The highest BCUT2D eigenvalue weighted by Gasteiger charge is 2.51. The molecule has 3 atom stereocenters. The van der Waals surface area contributed by atoms with Crippen molar-refractivity contribution in [2.45, 2.75) is 24.6 Å². The number of aliphatic hydroxyl groups excluding tert-OH is 1. The quantitative estimate of drug-likeness (QED) is 0.726. The van der Waals surface area contributed by atoms with Gasteiger partial charge < -0.3 is 25.1 Å². The molecular formula is C17H19FN4O4. The van der Waals surface area contributed by atoms with Gasteiger partial charge in [-0.3, -0.25) is 9.59 Å². The summed E-state index contributed by atoms with van der Waals surface area (Å²) in [5.74, 6) is -0.870. The molecule has 4 rings (SSSR count). The van der Waals surface area contributed by atoms with Crippen LogP contribution < -0.4 is 5.32 Å². The number of carbonyl (C=O) groups is 3. The third-order valence-electron chi connectivity index (χ3n) is 5.16. The van der Waals surface area contributed by atoms with E-state index in [0.717, 1.165) is 0 Å². The van der Waals surface area contributed by atoms with E-state index in [-0.39, 0.29) is 44.4 Å². The lowest BCUT2D eigenvalue weighted by atomic mass is 10.0. The number of aliphatic hydroxyl groups is 1. The Balaban J connectivity index is 1.47. The van der Waals surface area contributed by atoms with E-state index in [1.165, 1.54) is 32.9 Å². The Morgan fingerprint density at radius 2 is 1.88 bits per heavy atom. The molecule has 9 heteroatoms. The molecular weight excluding hydrogens is 343 g/mol. The minimum atomic E-state index is -0.740. The van der Waals surface area contributed by atoms with Gasteiger partial charge >= 0.3 is 6.03 Å². The predicted octanol–water partition coefficient (Wildman–Crippen LogP) is -0.154. The SMILES string of the molecule is O=C(Nc1cccc(F)c1)N1CCN2C(=O)[C@@H]3C[C@@H](O)CN3C(=O)[C@H]2C1. The molecule has 0 spiro atoms. The van der Waals surface area contributed by atoms with E-state index in [0.29, 0.717) is 5.69 Å². The largest absolute Gasteiger partial charge is 0.391 e. The number of urea groups is 1. The van der Waals surface area contributed by atoms with Crippen LogP contribution >= 0.6 is 0 Å². The zero-order chi connectivity index (χ0) is 18.4. The number of piperazine rings is 2. The highest BCUT2D eigenvalue weighted by atomic mass is 19.1. The van der Waals surface area contributed by atoms with Gasteiger partial charge in [0.1, 0.15) is 17.9 Å². The number of amides is 4. The van der Waals surface area contributed by atoms with Gasteiger partial charge in [-0.1, -0.05) is 6.07 Å². The number of nitrogens with zero attached hydrogens (tertiary/aromatic N) is 3. The summed E-state index contributed by atoms with van der Waals surface area (Å²) in [5, 5.41) is 12.4. The standard InChI is InChI=1S/C17H19FN4O4/c18-10-2-1-3-11(6-10)19-17(26)20-4-5-21-14(9-20)16(25)22-8-12(23)7-13(22)15(21)24/h1-3,6,12-14,23H,4-5,7-9H2,(H,19,26)/t12-,13+,14-/m1/s1. The summed E-state index contributed by atoms with van der Waals surface area (Å²) in [6, 6.07) is 3.77. The van der Waals surface area contributed by atoms with Crippen LogP contribution in [0.2, 0.25) is 0 Å². The maximum Gasteiger partial charge on any atom is 0.321 e. The number of anilines is 1. The maximum absolute atomic E-state index is 13.3. The van der Waals surface area contributed by atoms with Gasteiger partial charge in [-0.25, -0.2) is 9.18 Å². The first-order chi connectivity index (χ1) is 12.4. The van der Waals surface area contributed by atoms with E-state index < -0.39 is 30.0 Å². The molecule has 3 fully saturated rings. The average Bonchev–Trinajstić information content (AvgIpc) is 3.01. The van der Waals surface area contributed by atoms with Gasteiger partial charge in [-0.2, -0.15) is 0 Å². The summed E-state index contributed by atoms with van der Waals surface area (Å²) >= 11 is 0. The molecule has 8 nitrogen and oxygen atoms in total. The number of hydrogen-bond donors (Lipinski definition) is 2. The average molecular weight is 362 g/mol. The topological polar surface area (TPSA) is 93.2 Å². The van der Waals surface area contributed by atoms with Crippen LogP contribution in [0.4, 0.5) is 14.9 Å². The molecule has 3 aliphatic heterocycles. The maximum atomic E-state index is 13.3. The second-order valence-corrected chi connectivity index (χ2v) is 6.83. The fraction of sp³-hybridized carbons (Fsp3) is 0.471. The van der Waals surface area contributed by atoms with Crippen molar-refractivity contribution in [3.05, 3.63) is 30.1 Å². The van der Waals surface area contributed by atoms with Crippen molar-refractivity contribution in [2.75, 3.05) is 31.5 Å². The lowest BCUT2D eigenvalue weighted by Crippen LogP contribution is -2.69. The predicted molar refractivity (Wildman–Crippen MR) is 88.6 cm³/mol. The molecule has 0 radical (unpaired) electrons. The number of hydrogen-bond acceptors (Lipinski definition) is 4. The van der Waals surface area contributed by atoms with Crippen LogP contribution in [-0.4, -0.2) is 82.0 Å². The Morgan fingerprint density at radius 3 is 2.65 bits per heavy atom. The van der Waals surface area contributed by atoms with Crippen molar-refractivity contribution < 1.29 is 23.9 Å². The fourth-order valence-corrected chi connectivity index (χ4v) is 3.89. The van der Waals surface area contributed by atoms with Crippen LogP contribution in [0.3, 0.4) is 0 Å². The van der Waals surface area contributed by atoms with Crippen molar-refractivity contribution >= 4 is 23.5 Å². The van der Waals surface area contributed by atoms with Crippen LogP contribution in [0.25, 0.3) is 0 Å². The molecule has 1 aromatic rings. The summed E-state index contributed by atoms with van der Waals surface area (Å²) in [4.78, 5) is 42.1. The van der Waals surface area contributed by atoms with Gasteiger partial charge in [0.05, 0.1) is 12.6 Å². The minimum absolute atomic E-state index is 0.0744. The van der Waals surface area contributed by atoms with Crippen LogP contribution in [0.5, 0.6) is 0 Å². The molecule has 1 aromatic carbocycles. The zero-order valence-electron chi connectivity index (χ0n) is 14.0. The Bertz CT molecular complexity index is 773. The third kappa shape index (κ3) is 2.78. The van der Waals surface area contributed by atoms with Gasteiger partial charge in [0, 0.05) is 31.7 Å². The number of nitrogens with one attached hydrogen (secondary N) is 1. The molecule has 3 heterocycles. The summed E-state index contributed by atoms with van der Waals surface area (Å²) in [6.07, 6.45) is -0.431. The van der Waals surface area contributed by atoms with Crippen molar-refractivity contribution in [3.63, 3.8) is 0 Å². The van der Waals surface area contributed by atoms with Crippen molar-refractivity contribution in [3.8, 4) is 0 Å². The van der Waals surface area contributed by atoms with Gasteiger partial charge in [0.2, 0.25) is 11.8 Å². The molecule has 138 valence electrons. The Hall–Kier alpha value is -2.68. The van der Waals surface area contributed by atoms with E-state index in [1.54, 1.807) is 6.07 Å². The molecule has 4 amide bonds. The van der Waals surface area contributed by atoms with E-state index in [9.17, 15) is 23.9 Å². The van der Waals surface area contributed by atoms with Gasteiger partial charge in [0.25, 0.3) is 0 Å². The monoisotopic (exact) mass is 362 g/mol. The van der Waals surface area contributed by atoms with E-state index >= 15 is 0 Å². The number of halogens is 1. The molecule has 0 aliphatic carbocycles. The molecule has 3 saturated heterocycles. The first kappa shape index (κ1) is 16.8. The zero-order valence-corrected chi connectivity index (χ0v) is 14.0. The lowest BCUT2D eigenvalue weighted by molar-refractivity contribution is -0.162. The molecule has 3 aliphatic rings. The van der Waals surface area contributed by atoms with Crippen LogP contribution in [0.1, 0.15) is 6.42 Å². The lowest BCUT2D eigenvalue weighted by Gasteiger charge is -2.47. The highest BCUT2D eigenvalue weighted by Crippen LogP contribution is 2.29. The molecule has 0 bridgehead atoms. The van der Waals surface area contributed by atoms with Crippen molar-refractivity contribution in [2.24, 2.45) is 0 Å². The van der Waals surface area contributed by atoms with Gasteiger partial charge in [-0.05, 0) is 18.2 Å². The second-order valence-electron chi connectivity index (χ2n) is 6.83. The third-order valence-corrected chi connectivity index (χ3v) is 5.16. The Morgan fingerprint density at radius 1 is 1.12 bits per heavy atom. The Labute approximate surface area is 149 Å². The first-order valence-electron chi connectivity index (χ1n) is 8.54. The summed E-state index contributed by atoms with van der Waals surface area (Å²) in [5.41, 5.74) is 0.325. The molecule has 26 heavy (non-hydrogen) atoms. The second kappa shape index (κ2) is 6.24. The number of benzene rings is 1. The van der Waals surface area contributed by atoms with Crippen molar-refractivity contribution in [1.29, 1.82) is 0 Å². The normalized spacial score (nSPS) is 28.1. The van der Waals surface area contributed by atoms with E-state index in [4.69, 9.17) is 0 Å². The molecule has 0 unspecified atom stereocenters. The number of rotatable bonds is 1. The number of carbonyl (C=O) groups excluding carboxylic acids is 3. The number of fused-ring (bicyclic) bond motifs is 2. The smallest absolute Gasteiger partial charge is 0.321 e. The summed E-state index contributed by atoms with van der Waals surface area (Å²) in [7, 11) is 0. The van der Waals surface area contributed by atoms with E-state index in [1.807, 2.05) is 0 Å². The Kier molecular flexibility index (Phi) is 4.03. The highest BCUT2D eigenvalue weighted by molar-refractivity contribution is 5.99. The first-order valence-corrected chi connectivity index (χ1v) is 8.54. The fourth-order valence-electron chi connectivity index (χ4n) is 3.89. The van der Waals surface area contributed by atoms with Crippen LogP contribution in [0, 0.1) is 5.82 Å². The summed E-state index contributed by atoms with van der Waals surface area (Å²) < 4.78 is 13.3. The van der Waals surface area contributed by atoms with Gasteiger partial charge in [-0.15, -0.1) is 0 Å². The minimum Gasteiger partial charge on any atom is -0.391 e. The van der Waals surface area contributed by atoms with Crippen LogP contribution in [0.15, 0.2) is 24.3 Å². The van der Waals surface area contributed by atoms with Crippen LogP contribution in [-0.2, 0) is 9.59 Å². The summed E-state index contributed by atoms with van der Waals surface area (Å²) in [6.45, 7) is 0.762. The van der Waals surface area contributed by atoms with Gasteiger partial charge in [0.15, 0.2) is 0 Å².